The van der Waals surface area contributed by atoms with Gasteiger partial charge < -0.3 is 9.80 Å². The van der Waals surface area contributed by atoms with Crippen molar-refractivity contribution in [1.29, 1.82) is 5.26 Å². The van der Waals surface area contributed by atoms with Crippen molar-refractivity contribution in [2.75, 3.05) is 24.5 Å². The average Bonchev–Trinajstić information content (AvgIpc) is 3.24. The van der Waals surface area contributed by atoms with E-state index in [2.05, 4.69) is 16.3 Å². The van der Waals surface area contributed by atoms with E-state index in [-0.39, 0.29) is 18.4 Å². The van der Waals surface area contributed by atoms with Crippen molar-refractivity contribution in [2.24, 2.45) is 0 Å². The number of nitrogens with one attached hydrogen (secondary N) is 1. The number of piperazine rings is 1. The van der Waals surface area contributed by atoms with Gasteiger partial charge in [-0.15, -0.1) is 0 Å². The minimum atomic E-state index is -0.123. The first kappa shape index (κ1) is 18.2. The zero-order valence-corrected chi connectivity index (χ0v) is 15.7. The summed E-state index contributed by atoms with van der Waals surface area (Å²) in [5.74, 6) is 0.111. The molecule has 1 saturated carbocycles. The third-order valence-corrected chi connectivity index (χ3v) is 5.73. The summed E-state index contributed by atoms with van der Waals surface area (Å²) in [4.78, 5) is 29.0. The second kappa shape index (κ2) is 7.85. The molecule has 144 valence electrons. The highest BCUT2D eigenvalue weighted by Gasteiger charge is 2.31. The number of aromatic nitrogens is 2. The molecule has 2 aromatic rings. The highest BCUT2D eigenvalue weighted by molar-refractivity contribution is 6.02. The van der Waals surface area contributed by atoms with Gasteiger partial charge in [-0.1, -0.05) is 19.3 Å². The van der Waals surface area contributed by atoms with Gasteiger partial charge in [-0.05, 0) is 37.1 Å². The fourth-order valence-corrected chi connectivity index (χ4v) is 4.17. The van der Waals surface area contributed by atoms with Crippen molar-refractivity contribution in [3.63, 3.8) is 0 Å². The molecule has 2 heterocycles. The van der Waals surface area contributed by atoms with Crippen LogP contribution < -0.4 is 4.90 Å². The Bertz CT molecular complexity index is 906. The summed E-state index contributed by atoms with van der Waals surface area (Å²) in [5, 5.41) is 16.1. The van der Waals surface area contributed by atoms with E-state index in [1.165, 1.54) is 19.3 Å². The molecule has 7 heteroatoms. The number of hydrogen-bond donors (Lipinski definition) is 1. The van der Waals surface area contributed by atoms with Crippen molar-refractivity contribution in [3.8, 4) is 6.07 Å². The van der Waals surface area contributed by atoms with Gasteiger partial charge in [0.25, 0.3) is 5.91 Å². The molecule has 28 heavy (non-hydrogen) atoms. The Morgan fingerprint density at radius 1 is 1.14 bits per heavy atom. The lowest BCUT2D eigenvalue weighted by atomic mass is 9.85. The first-order valence-electron chi connectivity index (χ1n) is 9.80. The van der Waals surface area contributed by atoms with Crippen LogP contribution >= 0.6 is 0 Å². The maximum Gasteiger partial charge on any atom is 0.257 e. The number of aromatic amines is 1. The van der Waals surface area contributed by atoms with E-state index in [4.69, 9.17) is 5.26 Å². The molecule has 0 bridgehead atoms. The zero-order chi connectivity index (χ0) is 19.5. The monoisotopic (exact) mass is 377 g/mol. The summed E-state index contributed by atoms with van der Waals surface area (Å²) in [6, 6.07) is 9.00. The number of anilines is 1. The smallest absolute Gasteiger partial charge is 0.257 e. The third-order valence-electron chi connectivity index (χ3n) is 5.73. The Hall–Kier alpha value is -3.14. The van der Waals surface area contributed by atoms with Gasteiger partial charge in [0.2, 0.25) is 5.91 Å². The number of H-pyrrole nitrogens is 1. The molecule has 0 unspecified atom stereocenters. The Kier molecular flexibility index (Phi) is 5.11. The second-order valence-electron chi connectivity index (χ2n) is 7.46. The SMILES string of the molecule is N#Cc1ccc(N2CCN(C(=O)c3cn[nH]c3C3CCCCC3)CC2=O)cc1. The highest BCUT2D eigenvalue weighted by Crippen LogP contribution is 2.33. The van der Waals surface area contributed by atoms with E-state index < -0.39 is 0 Å². The molecule has 0 radical (unpaired) electrons. The zero-order valence-electron chi connectivity index (χ0n) is 15.7. The summed E-state index contributed by atoms with van der Waals surface area (Å²) in [6.45, 7) is 0.959. The first-order valence-corrected chi connectivity index (χ1v) is 9.80. The Morgan fingerprint density at radius 2 is 1.89 bits per heavy atom. The number of carbonyl (C=O) groups is 2. The van der Waals surface area contributed by atoms with Gasteiger partial charge in [0.1, 0.15) is 6.54 Å². The topological polar surface area (TPSA) is 93.1 Å². The Labute approximate surface area is 163 Å². The maximum absolute atomic E-state index is 13.1. The fourth-order valence-electron chi connectivity index (χ4n) is 4.17. The summed E-state index contributed by atoms with van der Waals surface area (Å²) in [7, 11) is 0. The van der Waals surface area contributed by atoms with Gasteiger partial charge >= 0.3 is 0 Å². The molecule has 2 aliphatic rings. The fraction of sp³-hybridized carbons (Fsp3) is 0.429. The van der Waals surface area contributed by atoms with Crippen LogP contribution in [0.25, 0.3) is 0 Å². The quantitative estimate of drug-likeness (QED) is 0.890. The molecule has 1 saturated heterocycles. The molecule has 1 aliphatic carbocycles. The molecular formula is C21H23N5O2. The van der Waals surface area contributed by atoms with Gasteiger partial charge in [-0.3, -0.25) is 14.7 Å². The molecule has 1 aromatic heterocycles. The number of nitriles is 1. The predicted molar refractivity (Wildman–Crippen MR) is 104 cm³/mol. The molecule has 0 spiro atoms. The summed E-state index contributed by atoms with van der Waals surface area (Å²) in [5.41, 5.74) is 2.83. The highest BCUT2D eigenvalue weighted by atomic mass is 16.2. The summed E-state index contributed by atoms with van der Waals surface area (Å²) < 4.78 is 0. The van der Waals surface area contributed by atoms with E-state index in [0.29, 0.717) is 30.1 Å². The van der Waals surface area contributed by atoms with E-state index in [1.807, 2.05) is 0 Å². The van der Waals surface area contributed by atoms with Gasteiger partial charge in [-0.2, -0.15) is 10.4 Å². The van der Waals surface area contributed by atoms with E-state index >= 15 is 0 Å². The standard InChI is InChI=1S/C21H23N5O2/c22-12-15-6-8-17(9-7-15)26-11-10-25(14-19(26)27)21(28)18-13-23-24-20(18)16-4-2-1-3-5-16/h6-9,13,16H,1-5,10-11,14H2,(H,23,24). The molecule has 0 atom stereocenters. The van der Waals surface area contributed by atoms with Crippen LogP contribution in [-0.4, -0.2) is 46.5 Å². The molecule has 7 nitrogen and oxygen atoms in total. The van der Waals surface area contributed by atoms with Crippen LogP contribution in [0, 0.1) is 11.3 Å². The number of carbonyl (C=O) groups excluding carboxylic acids is 2. The first-order chi connectivity index (χ1) is 13.7. The number of benzene rings is 1. The van der Waals surface area contributed by atoms with Gasteiger partial charge in [0.05, 0.1) is 29.1 Å². The lowest BCUT2D eigenvalue weighted by Gasteiger charge is -2.34. The predicted octanol–water partition coefficient (Wildman–Crippen LogP) is 2.82. The van der Waals surface area contributed by atoms with E-state index in [1.54, 1.807) is 40.3 Å². The number of nitrogens with zero attached hydrogens (tertiary/aromatic N) is 4. The molecule has 2 amide bonds. The second-order valence-corrected chi connectivity index (χ2v) is 7.46. The van der Waals surface area contributed by atoms with Crippen molar-refractivity contribution in [2.45, 2.75) is 38.0 Å². The largest absolute Gasteiger partial charge is 0.327 e. The third kappa shape index (κ3) is 3.50. The minimum Gasteiger partial charge on any atom is -0.327 e. The molecular weight excluding hydrogens is 354 g/mol. The van der Waals surface area contributed by atoms with Crippen molar-refractivity contribution >= 4 is 17.5 Å². The molecule has 4 rings (SSSR count). The number of amides is 2. The van der Waals surface area contributed by atoms with Crippen LogP contribution in [0.4, 0.5) is 5.69 Å². The molecule has 2 fully saturated rings. The molecule has 1 aliphatic heterocycles. The van der Waals surface area contributed by atoms with Crippen LogP contribution in [0.15, 0.2) is 30.5 Å². The maximum atomic E-state index is 13.1. The van der Waals surface area contributed by atoms with Crippen LogP contribution in [0.3, 0.4) is 0 Å². The van der Waals surface area contributed by atoms with Crippen molar-refractivity contribution in [3.05, 3.63) is 47.3 Å². The average molecular weight is 377 g/mol. The summed E-state index contributed by atoms with van der Waals surface area (Å²) >= 11 is 0. The Morgan fingerprint density at radius 3 is 2.57 bits per heavy atom. The summed E-state index contributed by atoms with van der Waals surface area (Å²) in [6.07, 6.45) is 7.36. The normalized spacial score (nSPS) is 18.2. The molecule has 1 aromatic carbocycles. The Balaban J connectivity index is 1.46. The number of hydrogen-bond acceptors (Lipinski definition) is 4. The van der Waals surface area contributed by atoms with Gasteiger partial charge in [0, 0.05) is 24.7 Å². The van der Waals surface area contributed by atoms with E-state index in [9.17, 15) is 9.59 Å². The minimum absolute atomic E-state index is 0.0497. The van der Waals surface area contributed by atoms with Crippen LogP contribution in [0.2, 0.25) is 0 Å². The van der Waals surface area contributed by atoms with Gasteiger partial charge in [0.15, 0.2) is 0 Å². The van der Waals surface area contributed by atoms with Crippen molar-refractivity contribution in [1.82, 2.24) is 15.1 Å². The molecule has 1 N–H and O–H groups in total. The van der Waals surface area contributed by atoms with Crippen LogP contribution in [0.1, 0.15) is 59.6 Å². The van der Waals surface area contributed by atoms with Crippen molar-refractivity contribution < 1.29 is 9.59 Å². The lowest BCUT2D eigenvalue weighted by molar-refractivity contribution is -0.120. The van der Waals surface area contributed by atoms with Crippen LogP contribution in [-0.2, 0) is 4.79 Å². The number of rotatable bonds is 3. The van der Waals surface area contributed by atoms with Gasteiger partial charge in [-0.25, -0.2) is 0 Å². The lowest BCUT2D eigenvalue weighted by Crippen LogP contribution is -2.52. The van der Waals surface area contributed by atoms with Crippen LogP contribution in [0.5, 0.6) is 0 Å². The van der Waals surface area contributed by atoms with E-state index in [0.717, 1.165) is 24.2 Å².